The van der Waals surface area contributed by atoms with Crippen molar-refractivity contribution in [1.29, 1.82) is 0 Å². The van der Waals surface area contributed by atoms with Gasteiger partial charge < -0.3 is 18.9 Å². The summed E-state index contributed by atoms with van der Waals surface area (Å²) < 4.78 is 10.7. The molecule has 122 valence electrons. The normalized spacial score (nSPS) is 21.2. The maximum absolute atomic E-state index is 12.4. The Hall–Kier alpha value is -2.57. The van der Waals surface area contributed by atoms with E-state index in [1.165, 1.54) is 0 Å². The fraction of sp³-hybridized carbons (Fsp3) is 0.438. The van der Waals surface area contributed by atoms with Crippen LogP contribution in [0.4, 0.5) is 0 Å². The Balaban J connectivity index is 1.98. The minimum Gasteiger partial charge on any atom is -0.481 e. The minimum absolute atomic E-state index is 0.0386. The van der Waals surface area contributed by atoms with Crippen molar-refractivity contribution in [2.24, 2.45) is 5.92 Å². The quantitative estimate of drug-likeness (QED) is 0.929. The summed E-state index contributed by atoms with van der Waals surface area (Å²) in [5.41, 5.74) is 1.50. The van der Waals surface area contributed by atoms with Gasteiger partial charge in [-0.15, -0.1) is 0 Å². The van der Waals surface area contributed by atoms with Crippen LogP contribution < -0.4 is 0 Å². The molecular formula is C16H18N2O5. The number of hydrogen-bond acceptors (Lipinski definition) is 5. The number of carbonyl (C=O) groups excluding carboxylic acids is 1. The lowest BCUT2D eigenvalue weighted by Crippen LogP contribution is -2.30. The second-order valence-electron chi connectivity index (χ2n) is 5.87. The number of carboxylic acid groups (broad SMARTS) is 1. The number of carbonyl (C=O) groups is 2. The van der Waals surface area contributed by atoms with Gasteiger partial charge in [0.15, 0.2) is 0 Å². The van der Waals surface area contributed by atoms with Gasteiger partial charge in [0.25, 0.3) is 0 Å². The highest BCUT2D eigenvalue weighted by atomic mass is 16.5. The van der Waals surface area contributed by atoms with E-state index in [9.17, 15) is 14.7 Å². The maximum atomic E-state index is 12.4. The smallest absolute Gasteiger partial charge is 0.309 e. The number of furan rings is 1. The Bertz CT molecular complexity index is 741. The predicted molar refractivity (Wildman–Crippen MR) is 78.5 cm³/mol. The van der Waals surface area contributed by atoms with Gasteiger partial charge in [-0.1, -0.05) is 5.16 Å². The van der Waals surface area contributed by atoms with E-state index in [2.05, 4.69) is 5.16 Å². The van der Waals surface area contributed by atoms with E-state index in [4.69, 9.17) is 8.94 Å². The third-order valence-electron chi connectivity index (χ3n) is 4.31. The van der Waals surface area contributed by atoms with Crippen LogP contribution in [0, 0.1) is 26.7 Å². The third kappa shape index (κ3) is 2.62. The highest BCUT2D eigenvalue weighted by Gasteiger charge is 2.46. The number of amides is 1. The topological polar surface area (TPSA) is 96.8 Å². The van der Waals surface area contributed by atoms with Crippen molar-refractivity contribution < 1.29 is 23.6 Å². The highest BCUT2D eigenvalue weighted by Crippen LogP contribution is 2.40. The molecule has 0 spiro atoms. The molecule has 0 radical (unpaired) electrons. The van der Waals surface area contributed by atoms with Gasteiger partial charge in [-0.3, -0.25) is 9.59 Å². The van der Waals surface area contributed by atoms with Gasteiger partial charge in [0, 0.05) is 12.0 Å². The van der Waals surface area contributed by atoms with Crippen molar-refractivity contribution in [3.05, 3.63) is 40.7 Å². The van der Waals surface area contributed by atoms with Crippen LogP contribution in [-0.4, -0.2) is 27.0 Å². The Morgan fingerprint density at radius 2 is 2.13 bits per heavy atom. The summed E-state index contributed by atoms with van der Waals surface area (Å²) in [5.74, 6) is -0.236. The molecule has 0 aliphatic carbocycles. The molecule has 1 N–H and O–H groups in total. The second-order valence-corrected chi connectivity index (χ2v) is 5.87. The molecule has 1 aliphatic rings. The van der Waals surface area contributed by atoms with E-state index in [-0.39, 0.29) is 18.9 Å². The molecule has 0 bridgehead atoms. The molecule has 2 aromatic rings. The summed E-state index contributed by atoms with van der Waals surface area (Å²) in [5, 5.41) is 13.4. The molecule has 7 heteroatoms. The Kier molecular flexibility index (Phi) is 3.71. The summed E-state index contributed by atoms with van der Waals surface area (Å²) >= 11 is 0. The van der Waals surface area contributed by atoms with E-state index in [1.54, 1.807) is 37.8 Å². The van der Waals surface area contributed by atoms with E-state index in [0.717, 1.165) is 5.56 Å². The Morgan fingerprint density at radius 1 is 1.39 bits per heavy atom. The zero-order valence-electron chi connectivity index (χ0n) is 13.2. The zero-order chi connectivity index (χ0) is 16.7. The summed E-state index contributed by atoms with van der Waals surface area (Å²) in [6, 6.07) is 2.88. The van der Waals surface area contributed by atoms with Gasteiger partial charge in [0.1, 0.15) is 23.3 Å². The number of hydrogen-bond donors (Lipinski definition) is 1. The van der Waals surface area contributed by atoms with Crippen LogP contribution in [0.3, 0.4) is 0 Å². The van der Waals surface area contributed by atoms with Crippen molar-refractivity contribution in [2.75, 3.05) is 0 Å². The van der Waals surface area contributed by atoms with Gasteiger partial charge in [-0.05, 0) is 32.9 Å². The van der Waals surface area contributed by atoms with E-state index >= 15 is 0 Å². The van der Waals surface area contributed by atoms with Crippen molar-refractivity contribution in [1.82, 2.24) is 10.1 Å². The molecular weight excluding hydrogens is 300 g/mol. The number of nitrogens with zero attached hydrogens (tertiary/aromatic N) is 2. The molecule has 2 atom stereocenters. The highest BCUT2D eigenvalue weighted by molar-refractivity contribution is 5.87. The predicted octanol–water partition coefficient (Wildman–Crippen LogP) is 2.37. The molecule has 0 aromatic carbocycles. The van der Waals surface area contributed by atoms with Gasteiger partial charge >= 0.3 is 5.97 Å². The molecule has 7 nitrogen and oxygen atoms in total. The molecule has 1 saturated heterocycles. The van der Waals surface area contributed by atoms with Crippen LogP contribution >= 0.6 is 0 Å². The lowest BCUT2D eigenvalue weighted by molar-refractivity contribution is -0.143. The van der Waals surface area contributed by atoms with E-state index < -0.39 is 17.9 Å². The number of likely N-dealkylation sites (tertiary alicyclic amines) is 1. The van der Waals surface area contributed by atoms with Gasteiger partial charge in [-0.25, -0.2) is 0 Å². The summed E-state index contributed by atoms with van der Waals surface area (Å²) in [4.78, 5) is 25.5. The lowest BCUT2D eigenvalue weighted by Gasteiger charge is -2.25. The van der Waals surface area contributed by atoms with Gasteiger partial charge in [0.05, 0.1) is 18.2 Å². The van der Waals surface area contributed by atoms with Gasteiger partial charge in [0.2, 0.25) is 5.91 Å². The van der Waals surface area contributed by atoms with Crippen LogP contribution in [0.2, 0.25) is 0 Å². The summed E-state index contributed by atoms with van der Waals surface area (Å²) in [6.45, 7) is 5.62. The van der Waals surface area contributed by atoms with Crippen LogP contribution in [0.15, 0.2) is 21.1 Å². The van der Waals surface area contributed by atoms with Crippen molar-refractivity contribution in [2.45, 2.75) is 39.8 Å². The molecule has 3 heterocycles. The molecule has 2 unspecified atom stereocenters. The fourth-order valence-corrected chi connectivity index (χ4v) is 3.06. The first-order valence-electron chi connectivity index (χ1n) is 7.39. The SMILES string of the molecule is Cc1ccc(C2C(C(=O)O)CC(=O)N2Cc2c(C)noc2C)o1. The van der Waals surface area contributed by atoms with E-state index in [0.29, 0.717) is 23.0 Å². The zero-order valence-corrected chi connectivity index (χ0v) is 13.2. The molecule has 1 fully saturated rings. The first-order chi connectivity index (χ1) is 10.9. The largest absolute Gasteiger partial charge is 0.481 e. The molecule has 23 heavy (non-hydrogen) atoms. The molecule has 2 aromatic heterocycles. The number of carboxylic acids is 1. The van der Waals surface area contributed by atoms with E-state index in [1.807, 2.05) is 0 Å². The summed E-state index contributed by atoms with van der Waals surface area (Å²) in [6.07, 6.45) is -0.0386. The van der Waals surface area contributed by atoms with Crippen LogP contribution in [0.25, 0.3) is 0 Å². The molecule has 0 saturated carbocycles. The van der Waals surface area contributed by atoms with Gasteiger partial charge in [-0.2, -0.15) is 0 Å². The molecule has 1 aliphatic heterocycles. The first kappa shape index (κ1) is 15.3. The van der Waals surface area contributed by atoms with Crippen LogP contribution in [-0.2, 0) is 16.1 Å². The van der Waals surface area contributed by atoms with Crippen molar-refractivity contribution in [3.63, 3.8) is 0 Å². The lowest BCUT2D eigenvalue weighted by atomic mass is 9.98. The van der Waals surface area contributed by atoms with Crippen molar-refractivity contribution in [3.8, 4) is 0 Å². The minimum atomic E-state index is -1.00. The second kappa shape index (κ2) is 5.57. The number of aromatic nitrogens is 1. The van der Waals surface area contributed by atoms with Crippen molar-refractivity contribution >= 4 is 11.9 Å². The Morgan fingerprint density at radius 3 is 2.65 bits per heavy atom. The average Bonchev–Trinajstić information content (AvgIpc) is 3.13. The fourth-order valence-electron chi connectivity index (χ4n) is 3.06. The standard InChI is InChI=1S/C16H18N2O5/c1-8-4-5-13(22-8)15-11(16(20)21)6-14(19)18(15)7-12-9(2)17-23-10(12)3/h4-5,11,15H,6-7H2,1-3H3,(H,20,21). The number of aliphatic carboxylic acids is 1. The third-order valence-corrected chi connectivity index (χ3v) is 4.31. The number of rotatable bonds is 4. The molecule has 1 amide bonds. The van der Waals surface area contributed by atoms with Crippen LogP contribution in [0.5, 0.6) is 0 Å². The summed E-state index contributed by atoms with van der Waals surface area (Å²) in [7, 11) is 0. The van der Waals surface area contributed by atoms with Crippen LogP contribution in [0.1, 0.15) is 41.0 Å². The molecule has 3 rings (SSSR count). The Labute approximate surface area is 132 Å². The monoisotopic (exact) mass is 318 g/mol. The average molecular weight is 318 g/mol. The maximum Gasteiger partial charge on any atom is 0.309 e. The first-order valence-corrected chi connectivity index (χ1v) is 7.39. The number of aryl methyl sites for hydroxylation is 3.